The molecular weight excluding hydrogens is 354 g/mol. The molecule has 0 aliphatic rings. The summed E-state index contributed by atoms with van der Waals surface area (Å²) in [6, 6.07) is 13.8. The molecule has 0 saturated heterocycles. The van der Waals surface area contributed by atoms with E-state index in [-0.39, 0.29) is 5.41 Å². The summed E-state index contributed by atoms with van der Waals surface area (Å²) in [5.74, 6) is 1.59. The first-order chi connectivity index (χ1) is 10.9. The summed E-state index contributed by atoms with van der Waals surface area (Å²) in [6.45, 7) is 6.57. The van der Waals surface area contributed by atoms with E-state index in [0.29, 0.717) is 0 Å². The fourth-order valence-electron chi connectivity index (χ4n) is 2.31. The van der Waals surface area contributed by atoms with E-state index >= 15 is 0 Å². The summed E-state index contributed by atoms with van der Waals surface area (Å²) in [6.07, 6.45) is 3.18. The molecule has 0 aliphatic carbocycles. The molecule has 118 valence electrons. The molecule has 5 heteroatoms. The van der Waals surface area contributed by atoms with Crippen molar-refractivity contribution in [2.24, 2.45) is 0 Å². The molecular formula is C18H18BrN3O. The number of halogens is 1. The number of benzene rings is 2. The van der Waals surface area contributed by atoms with Gasteiger partial charge in [0.15, 0.2) is 0 Å². The summed E-state index contributed by atoms with van der Waals surface area (Å²) >= 11 is 3.64. The molecule has 0 spiro atoms. The third-order valence-corrected chi connectivity index (χ3v) is 4.16. The van der Waals surface area contributed by atoms with Crippen molar-refractivity contribution in [1.82, 2.24) is 14.8 Å². The first kappa shape index (κ1) is 15.7. The van der Waals surface area contributed by atoms with Crippen molar-refractivity contribution in [2.45, 2.75) is 26.2 Å². The standard InChI is InChI=1S/C18H18BrN3O/c1-18(2,3)16-9-8-15(10-17(16)19)23-14-6-4-13(5-7-14)22-12-20-11-21-22/h4-12H,1-3H3. The van der Waals surface area contributed by atoms with Gasteiger partial charge in [-0.2, -0.15) is 5.10 Å². The zero-order chi connectivity index (χ0) is 16.4. The Morgan fingerprint density at radius 3 is 2.26 bits per heavy atom. The first-order valence-electron chi connectivity index (χ1n) is 7.36. The van der Waals surface area contributed by atoms with Gasteiger partial charge in [-0.05, 0) is 47.4 Å². The van der Waals surface area contributed by atoms with Crippen LogP contribution < -0.4 is 4.74 Å². The summed E-state index contributed by atoms with van der Waals surface area (Å²) in [7, 11) is 0. The maximum atomic E-state index is 5.92. The van der Waals surface area contributed by atoms with Crippen molar-refractivity contribution in [3.05, 3.63) is 65.2 Å². The molecule has 2 aromatic carbocycles. The van der Waals surface area contributed by atoms with Crippen LogP contribution in [-0.2, 0) is 5.41 Å². The van der Waals surface area contributed by atoms with Crippen molar-refractivity contribution >= 4 is 15.9 Å². The Labute approximate surface area is 144 Å². The van der Waals surface area contributed by atoms with Gasteiger partial charge < -0.3 is 4.74 Å². The van der Waals surface area contributed by atoms with Crippen LogP contribution in [-0.4, -0.2) is 14.8 Å². The van der Waals surface area contributed by atoms with E-state index in [9.17, 15) is 0 Å². The minimum Gasteiger partial charge on any atom is -0.457 e. The Kier molecular flexibility index (Phi) is 4.22. The Hall–Kier alpha value is -2.14. The lowest BCUT2D eigenvalue weighted by atomic mass is 9.87. The van der Waals surface area contributed by atoms with Crippen LogP contribution in [0.2, 0.25) is 0 Å². The summed E-state index contributed by atoms with van der Waals surface area (Å²) in [4.78, 5) is 3.94. The molecule has 0 saturated carbocycles. The number of nitrogens with zero attached hydrogens (tertiary/aromatic N) is 3. The lowest BCUT2D eigenvalue weighted by Gasteiger charge is -2.21. The summed E-state index contributed by atoms with van der Waals surface area (Å²) in [5, 5.41) is 4.10. The molecule has 4 nitrogen and oxygen atoms in total. The van der Waals surface area contributed by atoms with E-state index < -0.39 is 0 Å². The number of aromatic nitrogens is 3. The predicted octanol–water partition coefficient (Wildman–Crippen LogP) is 5.12. The molecule has 23 heavy (non-hydrogen) atoms. The molecule has 0 radical (unpaired) electrons. The fourth-order valence-corrected chi connectivity index (χ4v) is 3.26. The topological polar surface area (TPSA) is 39.9 Å². The van der Waals surface area contributed by atoms with Crippen molar-refractivity contribution in [2.75, 3.05) is 0 Å². The molecule has 1 heterocycles. The monoisotopic (exact) mass is 371 g/mol. The molecule has 0 N–H and O–H groups in total. The van der Waals surface area contributed by atoms with Crippen LogP contribution in [0.3, 0.4) is 0 Å². The van der Waals surface area contributed by atoms with Crippen molar-refractivity contribution in [3.8, 4) is 17.2 Å². The van der Waals surface area contributed by atoms with E-state index in [0.717, 1.165) is 21.7 Å². The van der Waals surface area contributed by atoms with Crippen LogP contribution in [0.25, 0.3) is 5.69 Å². The highest BCUT2D eigenvalue weighted by Gasteiger charge is 2.17. The minimum atomic E-state index is 0.0941. The van der Waals surface area contributed by atoms with Gasteiger partial charge in [0, 0.05) is 4.47 Å². The highest BCUT2D eigenvalue weighted by Crippen LogP contribution is 2.33. The quantitative estimate of drug-likeness (QED) is 0.641. The molecule has 3 rings (SSSR count). The second-order valence-corrected chi connectivity index (χ2v) is 7.18. The number of rotatable bonds is 3. The van der Waals surface area contributed by atoms with Crippen LogP contribution >= 0.6 is 15.9 Å². The van der Waals surface area contributed by atoms with Gasteiger partial charge in [0.25, 0.3) is 0 Å². The number of hydrogen-bond donors (Lipinski definition) is 0. The molecule has 1 aromatic heterocycles. The average molecular weight is 372 g/mol. The largest absolute Gasteiger partial charge is 0.457 e. The first-order valence-corrected chi connectivity index (χ1v) is 8.16. The molecule has 0 bridgehead atoms. The second-order valence-electron chi connectivity index (χ2n) is 6.33. The second kappa shape index (κ2) is 6.16. The van der Waals surface area contributed by atoms with Gasteiger partial charge >= 0.3 is 0 Å². The fraction of sp³-hybridized carbons (Fsp3) is 0.222. The normalized spacial score (nSPS) is 11.5. The molecule has 0 fully saturated rings. The van der Waals surface area contributed by atoms with Crippen molar-refractivity contribution in [3.63, 3.8) is 0 Å². The summed E-state index contributed by atoms with van der Waals surface area (Å²) in [5.41, 5.74) is 2.29. The van der Waals surface area contributed by atoms with Gasteiger partial charge in [-0.3, -0.25) is 0 Å². The van der Waals surface area contributed by atoms with E-state index in [1.54, 1.807) is 11.0 Å². The zero-order valence-electron chi connectivity index (χ0n) is 13.3. The van der Waals surface area contributed by atoms with Gasteiger partial charge in [-0.1, -0.05) is 42.8 Å². The van der Waals surface area contributed by atoms with Gasteiger partial charge in [0.05, 0.1) is 5.69 Å². The maximum absolute atomic E-state index is 5.92. The third-order valence-electron chi connectivity index (χ3n) is 3.50. The van der Waals surface area contributed by atoms with Crippen LogP contribution in [0.1, 0.15) is 26.3 Å². The average Bonchev–Trinajstić information content (AvgIpc) is 3.01. The predicted molar refractivity (Wildman–Crippen MR) is 94.3 cm³/mol. The Morgan fingerprint density at radius 2 is 1.70 bits per heavy atom. The lowest BCUT2D eigenvalue weighted by molar-refractivity contribution is 0.480. The SMILES string of the molecule is CC(C)(C)c1ccc(Oc2ccc(-n3cncn3)cc2)cc1Br. The van der Waals surface area contributed by atoms with Crippen molar-refractivity contribution in [1.29, 1.82) is 0 Å². The Balaban J connectivity index is 1.78. The lowest BCUT2D eigenvalue weighted by Crippen LogP contribution is -2.11. The molecule has 0 atom stereocenters. The van der Waals surface area contributed by atoms with Gasteiger partial charge in [0.2, 0.25) is 0 Å². The minimum absolute atomic E-state index is 0.0941. The highest BCUT2D eigenvalue weighted by atomic mass is 79.9. The maximum Gasteiger partial charge on any atom is 0.138 e. The molecule has 0 unspecified atom stereocenters. The molecule has 0 amide bonds. The number of ether oxygens (including phenoxy) is 1. The smallest absolute Gasteiger partial charge is 0.138 e. The molecule has 0 aliphatic heterocycles. The van der Waals surface area contributed by atoms with E-state index in [4.69, 9.17) is 4.74 Å². The van der Waals surface area contributed by atoms with Gasteiger partial charge in [-0.25, -0.2) is 9.67 Å². The van der Waals surface area contributed by atoms with Crippen LogP contribution in [0, 0.1) is 0 Å². The molecule has 3 aromatic rings. The van der Waals surface area contributed by atoms with E-state index in [1.807, 2.05) is 36.4 Å². The third kappa shape index (κ3) is 3.62. The van der Waals surface area contributed by atoms with Crippen molar-refractivity contribution < 1.29 is 4.74 Å². The highest BCUT2D eigenvalue weighted by molar-refractivity contribution is 9.10. The zero-order valence-corrected chi connectivity index (χ0v) is 14.9. The number of hydrogen-bond acceptors (Lipinski definition) is 3. The van der Waals surface area contributed by atoms with Crippen LogP contribution in [0.5, 0.6) is 11.5 Å². The van der Waals surface area contributed by atoms with E-state index in [1.165, 1.54) is 11.9 Å². The Morgan fingerprint density at radius 1 is 1.00 bits per heavy atom. The Bertz CT molecular complexity index is 790. The van der Waals surface area contributed by atoms with Gasteiger partial charge in [0.1, 0.15) is 24.2 Å². The van der Waals surface area contributed by atoms with Crippen LogP contribution in [0.15, 0.2) is 59.6 Å². The van der Waals surface area contributed by atoms with Gasteiger partial charge in [-0.15, -0.1) is 0 Å². The van der Waals surface area contributed by atoms with E-state index in [2.05, 4.69) is 52.9 Å². The summed E-state index contributed by atoms with van der Waals surface area (Å²) < 4.78 is 8.69. The van der Waals surface area contributed by atoms with Crippen LogP contribution in [0.4, 0.5) is 0 Å².